The maximum Gasteiger partial charge on any atom is 0.118 e. The van der Waals surface area contributed by atoms with Crippen molar-refractivity contribution in [1.29, 1.82) is 5.26 Å². The first-order valence-corrected chi connectivity index (χ1v) is 8.61. The van der Waals surface area contributed by atoms with Gasteiger partial charge in [-0.1, -0.05) is 13.8 Å². The zero-order valence-corrected chi connectivity index (χ0v) is 14.1. The van der Waals surface area contributed by atoms with Crippen molar-refractivity contribution in [3.05, 3.63) is 24.3 Å². The third-order valence-electron chi connectivity index (χ3n) is 3.61. The molecular formula is C17H26N2OS. The van der Waals surface area contributed by atoms with Gasteiger partial charge < -0.3 is 4.74 Å². The molecule has 1 rings (SSSR count). The number of benzene rings is 1. The average molecular weight is 306 g/mol. The van der Waals surface area contributed by atoms with Crippen LogP contribution in [0.15, 0.2) is 29.2 Å². The van der Waals surface area contributed by atoms with E-state index in [-0.39, 0.29) is 5.54 Å². The Balaban J connectivity index is 2.38. The first-order valence-electron chi connectivity index (χ1n) is 7.63. The number of thioether (sulfide) groups is 1. The molecule has 4 heteroatoms. The highest BCUT2D eigenvalue weighted by molar-refractivity contribution is 7.99. The van der Waals surface area contributed by atoms with Crippen LogP contribution in [0, 0.1) is 11.3 Å². The minimum atomic E-state index is -0.351. The number of nitrogens with zero attached hydrogens (tertiary/aromatic N) is 1. The van der Waals surface area contributed by atoms with Gasteiger partial charge in [-0.05, 0) is 62.2 Å². The highest BCUT2D eigenvalue weighted by atomic mass is 32.2. The van der Waals surface area contributed by atoms with E-state index in [0.29, 0.717) is 0 Å². The lowest BCUT2D eigenvalue weighted by molar-refractivity contribution is 0.371. The Kier molecular flexibility index (Phi) is 8.26. The molecule has 0 bridgehead atoms. The van der Waals surface area contributed by atoms with Crippen molar-refractivity contribution in [3.63, 3.8) is 0 Å². The van der Waals surface area contributed by atoms with Crippen molar-refractivity contribution in [2.45, 2.75) is 50.0 Å². The summed E-state index contributed by atoms with van der Waals surface area (Å²) in [6.45, 7) is 5.12. The molecule has 21 heavy (non-hydrogen) atoms. The van der Waals surface area contributed by atoms with Crippen molar-refractivity contribution in [1.82, 2.24) is 5.32 Å². The summed E-state index contributed by atoms with van der Waals surface area (Å²) < 4.78 is 5.15. The molecule has 1 aromatic carbocycles. The molecule has 0 saturated heterocycles. The minimum absolute atomic E-state index is 0.351. The summed E-state index contributed by atoms with van der Waals surface area (Å²) in [6.07, 6.45) is 3.86. The molecule has 0 amide bonds. The molecule has 0 aromatic heterocycles. The second-order valence-electron chi connectivity index (χ2n) is 5.10. The number of hydrogen-bond acceptors (Lipinski definition) is 4. The molecule has 0 radical (unpaired) electrons. The molecule has 1 N–H and O–H groups in total. The lowest BCUT2D eigenvalue weighted by Gasteiger charge is -2.26. The van der Waals surface area contributed by atoms with Crippen LogP contribution in [0.3, 0.4) is 0 Å². The van der Waals surface area contributed by atoms with Crippen LogP contribution in [-0.2, 0) is 0 Å². The van der Waals surface area contributed by atoms with Crippen LogP contribution in [0.1, 0.15) is 39.5 Å². The fourth-order valence-electron chi connectivity index (χ4n) is 2.16. The van der Waals surface area contributed by atoms with Gasteiger partial charge in [-0.2, -0.15) is 5.26 Å². The summed E-state index contributed by atoms with van der Waals surface area (Å²) >= 11 is 1.83. The third kappa shape index (κ3) is 5.99. The molecule has 0 spiro atoms. The highest BCUT2D eigenvalue weighted by Gasteiger charge is 2.25. The zero-order chi connectivity index (χ0) is 15.6. The molecule has 0 aliphatic heterocycles. The van der Waals surface area contributed by atoms with Gasteiger partial charge in [0.1, 0.15) is 11.3 Å². The molecule has 0 aliphatic rings. The van der Waals surface area contributed by atoms with Crippen molar-refractivity contribution in [2.24, 2.45) is 0 Å². The standard InChI is InChI=1S/C17H26N2OS/c1-4-12-19-17(5-2,14-18)11-6-13-21-16-9-7-15(20-3)8-10-16/h7-10,19H,4-6,11-13H2,1-3H3. The topological polar surface area (TPSA) is 45.0 Å². The van der Waals surface area contributed by atoms with Gasteiger partial charge in [0, 0.05) is 4.90 Å². The summed E-state index contributed by atoms with van der Waals surface area (Å²) in [6, 6.07) is 10.6. The predicted molar refractivity (Wildman–Crippen MR) is 89.9 cm³/mol. The van der Waals surface area contributed by atoms with E-state index >= 15 is 0 Å². The largest absolute Gasteiger partial charge is 0.497 e. The Hall–Kier alpha value is -1.18. The molecule has 0 fully saturated rings. The first kappa shape index (κ1) is 17.9. The summed E-state index contributed by atoms with van der Waals surface area (Å²) in [5.74, 6) is 1.92. The number of nitrogens with one attached hydrogen (secondary N) is 1. The molecule has 1 unspecified atom stereocenters. The Bertz CT molecular complexity index is 441. The van der Waals surface area contributed by atoms with Crippen molar-refractivity contribution >= 4 is 11.8 Å². The maximum absolute atomic E-state index is 9.44. The fourth-order valence-corrected chi connectivity index (χ4v) is 3.02. The van der Waals surface area contributed by atoms with E-state index < -0.39 is 0 Å². The van der Waals surface area contributed by atoms with Gasteiger partial charge >= 0.3 is 0 Å². The number of hydrogen-bond donors (Lipinski definition) is 1. The lowest BCUT2D eigenvalue weighted by Crippen LogP contribution is -2.43. The number of nitriles is 1. The van der Waals surface area contributed by atoms with Gasteiger partial charge in [-0.3, -0.25) is 5.32 Å². The van der Waals surface area contributed by atoms with Crippen LogP contribution in [0.25, 0.3) is 0 Å². The predicted octanol–water partition coefficient (Wildman–Crippen LogP) is 4.24. The lowest BCUT2D eigenvalue weighted by atomic mass is 9.92. The highest BCUT2D eigenvalue weighted by Crippen LogP contribution is 2.24. The average Bonchev–Trinajstić information content (AvgIpc) is 2.55. The van der Waals surface area contributed by atoms with Crippen LogP contribution in [0.2, 0.25) is 0 Å². The summed E-state index contributed by atoms with van der Waals surface area (Å²) in [5.41, 5.74) is -0.351. The van der Waals surface area contributed by atoms with E-state index in [1.807, 2.05) is 23.9 Å². The molecule has 0 saturated carbocycles. The van der Waals surface area contributed by atoms with E-state index in [4.69, 9.17) is 4.74 Å². The van der Waals surface area contributed by atoms with Crippen LogP contribution in [-0.4, -0.2) is 24.9 Å². The van der Waals surface area contributed by atoms with Crippen LogP contribution >= 0.6 is 11.8 Å². The van der Waals surface area contributed by atoms with Gasteiger partial charge in [0.2, 0.25) is 0 Å². The van der Waals surface area contributed by atoms with E-state index in [1.165, 1.54) is 4.90 Å². The SMILES string of the molecule is CCCNC(C#N)(CC)CCCSc1ccc(OC)cc1. The molecule has 0 aliphatic carbocycles. The monoisotopic (exact) mass is 306 g/mol. The second-order valence-corrected chi connectivity index (χ2v) is 6.27. The number of ether oxygens (including phenoxy) is 1. The second kappa shape index (κ2) is 9.70. The van der Waals surface area contributed by atoms with Crippen LogP contribution in [0.4, 0.5) is 0 Å². The molecule has 0 heterocycles. The Morgan fingerprint density at radius 2 is 2.00 bits per heavy atom. The molecule has 1 atom stereocenters. The Morgan fingerprint density at radius 3 is 2.52 bits per heavy atom. The molecule has 1 aromatic rings. The molecule has 3 nitrogen and oxygen atoms in total. The number of methoxy groups -OCH3 is 1. The minimum Gasteiger partial charge on any atom is -0.497 e. The summed E-state index contributed by atoms with van der Waals surface area (Å²) in [7, 11) is 1.68. The van der Waals surface area contributed by atoms with E-state index in [1.54, 1.807) is 7.11 Å². The Labute approximate surface area is 133 Å². The third-order valence-corrected chi connectivity index (χ3v) is 4.71. The smallest absolute Gasteiger partial charge is 0.118 e. The van der Waals surface area contributed by atoms with Gasteiger partial charge in [-0.15, -0.1) is 11.8 Å². The van der Waals surface area contributed by atoms with Crippen molar-refractivity contribution in [2.75, 3.05) is 19.4 Å². The fraction of sp³-hybridized carbons (Fsp3) is 0.588. The number of rotatable bonds is 10. The summed E-state index contributed by atoms with van der Waals surface area (Å²) in [5, 5.41) is 12.9. The molecule has 116 valence electrons. The van der Waals surface area contributed by atoms with Gasteiger partial charge in [0.05, 0.1) is 13.2 Å². The van der Waals surface area contributed by atoms with Crippen molar-refractivity contribution in [3.8, 4) is 11.8 Å². The van der Waals surface area contributed by atoms with E-state index in [2.05, 4.69) is 37.4 Å². The maximum atomic E-state index is 9.44. The van der Waals surface area contributed by atoms with Gasteiger partial charge in [0.25, 0.3) is 0 Å². The quantitative estimate of drug-likeness (QED) is 0.519. The normalized spacial score (nSPS) is 13.4. The summed E-state index contributed by atoms with van der Waals surface area (Å²) in [4.78, 5) is 1.25. The van der Waals surface area contributed by atoms with Crippen LogP contribution < -0.4 is 10.1 Å². The van der Waals surface area contributed by atoms with Crippen molar-refractivity contribution < 1.29 is 4.74 Å². The van der Waals surface area contributed by atoms with Gasteiger partial charge in [0.15, 0.2) is 0 Å². The van der Waals surface area contributed by atoms with E-state index in [9.17, 15) is 5.26 Å². The van der Waals surface area contributed by atoms with E-state index in [0.717, 1.165) is 43.7 Å². The Morgan fingerprint density at radius 1 is 1.29 bits per heavy atom. The molecular weight excluding hydrogens is 280 g/mol. The van der Waals surface area contributed by atoms with Crippen LogP contribution in [0.5, 0.6) is 5.75 Å². The zero-order valence-electron chi connectivity index (χ0n) is 13.3. The van der Waals surface area contributed by atoms with Gasteiger partial charge in [-0.25, -0.2) is 0 Å². The first-order chi connectivity index (χ1) is 10.2.